The second-order valence-corrected chi connectivity index (χ2v) is 6.60. The fraction of sp³-hybridized carbons (Fsp3) is 0.450. The van der Waals surface area contributed by atoms with Crippen LogP contribution in [0.5, 0.6) is 0 Å². The van der Waals surface area contributed by atoms with Gasteiger partial charge >= 0.3 is 0 Å². The molecule has 0 atom stereocenters. The Bertz CT molecular complexity index is 715. The van der Waals surface area contributed by atoms with Crippen LogP contribution in [0.2, 0.25) is 0 Å². The third kappa shape index (κ3) is 5.52. The quantitative estimate of drug-likeness (QED) is 0.828. The van der Waals surface area contributed by atoms with Gasteiger partial charge in [0.1, 0.15) is 6.61 Å². The van der Waals surface area contributed by atoms with Gasteiger partial charge in [-0.2, -0.15) is 0 Å². The largest absolute Gasteiger partial charge is 0.367 e. The normalized spacial score (nSPS) is 14.3. The molecule has 1 aliphatic heterocycles. The van der Waals surface area contributed by atoms with E-state index in [2.05, 4.69) is 20.2 Å². The maximum Gasteiger partial charge on any atom is 0.246 e. The minimum Gasteiger partial charge on any atom is -0.367 e. The molecule has 3 rings (SSSR count). The highest BCUT2D eigenvalue weighted by Gasteiger charge is 2.14. The minimum atomic E-state index is -0.142. The molecule has 1 fully saturated rings. The van der Waals surface area contributed by atoms with Gasteiger partial charge in [-0.15, -0.1) is 0 Å². The Morgan fingerprint density at radius 2 is 1.92 bits per heavy atom. The van der Waals surface area contributed by atoms with Crippen LogP contribution in [-0.2, 0) is 22.7 Å². The van der Waals surface area contributed by atoms with E-state index in [9.17, 15) is 4.79 Å². The Kier molecular flexibility index (Phi) is 6.55. The number of nitrogens with one attached hydrogen (secondary N) is 1. The van der Waals surface area contributed by atoms with E-state index >= 15 is 0 Å². The lowest BCUT2D eigenvalue weighted by Gasteiger charge is -2.27. The fourth-order valence-electron chi connectivity index (χ4n) is 3.02. The standard InChI is InChI=1S/C20H26N4O2/c1-16-12-18(23-20(22-16)24-10-6-3-7-11-24)13-21-19(25)15-26-14-17-8-4-2-5-9-17/h2,4-5,8-9,12H,3,6-7,10-11,13-15H2,1H3,(H,21,25). The topological polar surface area (TPSA) is 67.3 Å². The maximum atomic E-state index is 12.0. The number of nitrogens with zero attached hydrogens (tertiary/aromatic N) is 3. The average Bonchev–Trinajstić information content (AvgIpc) is 2.67. The minimum absolute atomic E-state index is 0.0396. The van der Waals surface area contributed by atoms with Gasteiger partial charge in [0.15, 0.2) is 0 Å². The van der Waals surface area contributed by atoms with E-state index in [4.69, 9.17) is 4.74 Å². The molecule has 2 aromatic rings. The van der Waals surface area contributed by atoms with Gasteiger partial charge in [0.25, 0.3) is 0 Å². The van der Waals surface area contributed by atoms with Crippen LogP contribution >= 0.6 is 0 Å². The lowest BCUT2D eigenvalue weighted by molar-refractivity contribution is -0.126. The van der Waals surface area contributed by atoms with E-state index in [1.165, 1.54) is 19.3 Å². The van der Waals surface area contributed by atoms with Crippen LogP contribution in [-0.4, -0.2) is 35.6 Å². The first-order valence-corrected chi connectivity index (χ1v) is 9.18. The molecule has 0 bridgehead atoms. The van der Waals surface area contributed by atoms with E-state index < -0.39 is 0 Å². The highest BCUT2D eigenvalue weighted by atomic mass is 16.5. The average molecular weight is 354 g/mol. The summed E-state index contributed by atoms with van der Waals surface area (Å²) in [6.07, 6.45) is 3.64. The van der Waals surface area contributed by atoms with Crippen molar-refractivity contribution in [2.75, 3.05) is 24.6 Å². The molecule has 1 N–H and O–H groups in total. The lowest BCUT2D eigenvalue weighted by atomic mass is 10.1. The monoisotopic (exact) mass is 354 g/mol. The van der Waals surface area contributed by atoms with Crippen molar-refractivity contribution >= 4 is 11.9 Å². The van der Waals surface area contributed by atoms with Crippen molar-refractivity contribution in [2.24, 2.45) is 0 Å². The zero-order chi connectivity index (χ0) is 18.2. The summed E-state index contributed by atoms with van der Waals surface area (Å²) >= 11 is 0. The fourth-order valence-corrected chi connectivity index (χ4v) is 3.02. The second kappa shape index (κ2) is 9.29. The van der Waals surface area contributed by atoms with Crippen molar-refractivity contribution < 1.29 is 9.53 Å². The van der Waals surface area contributed by atoms with Gasteiger partial charge in [0.05, 0.1) is 18.8 Å². The summed E-state index contributed by atoms with van der Waals surface area (Å²) in [4.78, 5) is 23.4. The Morgan fingerprint density at radius 1 is 1.15 bits per heavy atom. The number of aryl methyl sites for hydroxylation is 1. The second-order valence-electron chi connectivity index (χ2n) is 6.60. The van der Waals surface area contributed by atoms with E-state index in [1.54, 1.807) is 0 Å². The molecule has 6 nitrogen and oxygen atoms in total. The van der Waals surface area contributed by atoms with Gasteiger partial charge in [0, 0.05) is 18.8 Å². The number of benzene rings is 1. The Labute approximate surface area is 154 Å². The highest BCUT2D eigenvalue weighted by Crippen LogP contribution is 2.16. The van der Waals surface area contributed by atoms with Crippen LogP contribution in [0.15, 0.2) is 36.4 Å². The maximum absolute atomic E-state index is 12.0. The number of anilines is 1. The number of hydrogen-bond donors (Lipinski definition) is 1. The zero-order valence-electron chi connectivity index (χ0n) is 15.3. The Balaban J connectivity index is 1.47. The first-order chi connectivity index (χ1) is 12.7. The smallest absolute Gasteiger partial charge is 0.246 e. The van der Waals surface area contributed by atoms with Crippen LogP contribution in [0.25, 0.3) is 0 Å². The molecule has 1 saturated heterocycles. The molecule has 0 saturated carbocycles. The van der Waals surface area contributed by atoms with E-state index in [-0.39, 0.29) is 12.5 Å². The number of piperidine rings is 1. The first kappa shape index (κ1) is 18.3. The molecular weight excluding hydrogens is 328 g/mol. The number of carbonyl (C=O) groups is 1. The summed E-state index contributed by atoms with van der Waals surface area (Å²) in [5.41, 5.74) is 2.80. The van der Waals surface area contributed by atoms with Crippen molar-refractivity contribution in [2.45, 2.75) is 39.3 Å². The molecule has 1 amide bonds. The summed E-state index contributed by atoms with van der Waals surface area (Å²) in [7, 11) is 0. The summed E-state index contributed by atoms with van der Waals surface area (Å²) in [6, 6.07) is 11.7. The predicted octanol–water partition coefficient (Wildman–Crippen LogP) is 2.61. The summed E-state index contributed by atoms with van der Waals surface area (Å²) in [6.45, 7) is 4.82. The van der Waals surface area contributed by atoms with Gasteiger partial charge < -0.3 is 15.0 Å². The summed E-state index contributed by atoms with van der Waals surface area (Å²) in [5, 5.41) is 2.87. The Hall–Kier alpha value is -2.47. The number of ether oxygens (including phenoxy) is 1. The molecular formula is C20H26N4O2. The summed E-state index contributed by atoms with van der Waals surface area (Å²) < 4.78 is 5.46. The van der Waals surface area contributed by atoms with E-state index in [0.29, 0.717) is 13.2 Å². The predicted molar refractivity (Wildman–Crippen MR) is 101 cm³/mol. The van der Waals surface area contributed by atoms with Crippen molar-refractivity contribution in [1.82, 2.24) is 15.3 Å². The highest BCUT2D eigenvalue weighted by molar-refractivity contribution is 5.77. The molecule has 0 aliphatic carbocycles. The molecule has 1 aromatic heterocycles. The van der Waals surface area contributed by atoms with Crippen molar-refractivity contribution in [3.8, 4) is 0 Å². The molecule has 0 unspecified atom stereocenters. The number of rotatable bonds is 7. The van der Waals surface area contributed by atoms with Crippen LogP contribution in [0.1, 0.15) is 36.2 Å². The van der Waals surface area contributed by atoms with Crippen molar-refractivity contribution in [3.05, 3.63) is 53.3 Å². The van der Waals surface area contributed by atoms with Crippen molar-refractivity contribution in [3.63, 3.8) is 0 Å². The molecule has 26 heavy (non-hydrogen) atoms. The van der Waals surface area contributed by atoms with Gasteiger partial charge in [0.2, 0.25) is 11.9 Å². The first-order valence-electron chi connectivity index (χ1n) is 9.18. The molecule has 138 valence electrons. The van der Waals surface area contributed by atoms with Crippen molar-refractivity contribution in [1.29, 1.82) is 0 Å². The third-order valence-electron chi connectivity index (χ3n) is 4.35. The summed E-state index contributed by atoms with van der Waals surface area (Å²) in [5.74, 6) is 0.631. The van der Waals surface area contributed by atoms with Crippen LogP contribution < -0.4 is 10.2 Å². The van der Waals surface area contributed by atoms with Gasteiger partial charge in [-0.25, -0.2) is 9.97 Å². The van der Waals surface area contributed by atoms with Crippen LogP contribution in [0.4, 0.5) is 5.95 Å². The van der Waals surface area contributed by atoms with E-state index in [0.717, 1.165) is 36.0 Å². The number of hydrogen-bond acceptors (Lipinski definition) is 5. The van der Waals surface area contributed by atoms with Gasteiger partial charge in [-0.3, -0.25) is 4.79 Å². The molecule has 2 heterocycles. The number of aromatic nitrogens is 2. The molecule has 1 aliphatic rings. The van der Waals surface area contributed by atoms with Crippen LogP contribution in [0, 0.1) is 6.92 Å². The molecule has 6 heteroatoms. The molecule has 1 aromatic carbocycles. The van der Waals surface area contributed by atoms with E-state index in [1.807, 2.05) is 43.3 Å². The third-order valence-corrected chi connectivity index (χ3v) is 4.35. The lowest BCUT2D eigenvalue weighted by Crippen LogP contribution is -2.32. The van der Waals surface area contributed by atoms with Gasteiger partial charge in [-0.05, 0) is 37.8 Å². The Morgan fingerprint density at radius 3 is 2.69 bits per heavy atom. The zero-order valence-corrected chi connectivity index (χ0v) is 15.3. The SMILES string of the molecule is Cc1cc(CNC(=O)COCc2ccccc2)nc(N2CCCCC2)n1. The number of carbonyl (C=O) groups excluding carboxylic acids is 1. The van der Waals surface area contributed by atoms with Gasteiger partial charge in [-0.1, -0.05) is 30.3 Å². The van der Waals surface area contributed by atoms with Crippen LogP contribution in [0.3, 0.4) is 0 Å². The molecule has 0 radical (unpaired) electrons. The number of amides is 1. The molecule has 0 spiro atoms.